The zero-order chi connectivity index (χ0) is 23.3. The number of carbonyl (C=O) groups is 1. The average Bonchev–Trinajstić information content (AvgIpc) is 2.83. The van der Waals surface area contributed by atoms with Crippen LogP contribution in [0.2, 0.25) is 0 Å². The highest BCUT2D eigenvalue weighted by Gasteiger charge is 2.18. The Balaban J connectivity index is 1.36. The van der Waals surface area contributed by atoms with Crippen LogP contribution in [-0.2, 0) is 21.2 Å². The van der Waals surface area contributed by atoms with Crippen LogP contribution < -0.4 is 10.0 Å². The van der Waals surface area contributed by atoms with Crippen molar-refractivity contribution in [1.29, 1.82) is 0 Å². The van der Waals surface area contributed by atoms with Crippen LogP contribution in [0.4, 0.5) is 5.69 Å². The van der Waals surface area contributed by atoms with Crippen LogP contribution in [0.5, 0.6) is 0 Å². The van der Waals surface area contributed by atoms with Crippen molar-refractivity contribution in [2.75, 3.05) is 5.32 Å². The highest BCUT2D eigenvalue weighted by Crippen LogP contribution is 2.23. The van der Waals surface area contributed by atoms with Gasteiger partial charge in [-0.25, -0.2) is 13.1 Å². The number of aryl methyl sites for hydroxylation is 1. The third kappa shape index (κ3) is 5.66. The summed E-state index contributed by atoms with van der Waals surface area (Å²) < 4.78 is 28.2. The van der Waals surface area contributed by atoms with Crippen LogP contribution in [0.1, 0.15) is 30.5 Å². The van der Waals surface area contributed by atoms with Gasteiger partial charge in [-0.2, -0.15) is 0 Å². The van der Waals surface area contributed by atoms with Crippen LogP contribution >= 0.6 is 0 Å². The number of hydrogen-bond acceptors (Lipinski definition) is 3. The van der Waals surface area contributed by atoms with E-state index in [1.807, 2.05) is 79.7 Å². The van der Waals surface area contributed by atoms with Crippen molar-refractivity contribution in [1.82, 2.24) is 4.72 Å². The predicted molar refractivity (Wildman–Crippen MR) is 133 cm³/mol. The van der Waals surface area contributed by atoms with E-state index in [1.165, 1.54) is 0 Å². The number of hydrogen-bond donors (Lipinski definition) is 2. The van der Waals surface area contributed by atoms with Gasteiger partial charge in [0.15, 0.2) is 0 Å². The van der Waals surface area contributed by atoms with E-state index in [9.17, 15) is 13.2 Å². The molecule has 0 saturated heterocycles. The molecule has 0 saturated carbocycles. The lowest BCUT2D eigenvalue weighted by molar-refractivity contribution is -0.116. The zero-order valence-corrected chi connectivity index (χ0v) is 19.2. The Hall–Kier alpha value is -3.48. The molecule has 0 aliphatic rings. The predicted octanol–water partition coefficient (Wildman–Crippen LogP) is 5.45. The molecule has 0 bridgehead atoms. The lowest BCUT2D eigenvalue weighted by atomic mass is 10.1. The van der Waals surface area contributed by atoms with Crippen molar-refractivity contribution in [3.8, 4) is 0 Å². The minimum Gasteiger partial charge on any atom is -0.326 e. The summed E-state index contributed by atoms with van der Waals surface area (Å²) in [5, 5.41) is 5.05. The van der Waals surface area contributed by atoms with Crippen molar-refractivity contribution in [3.63, 3.8) is 0 Å². The first kappa shape index (κ1) is 22.7. The van der Waals surface area contributed by atoms with Gasteiger partial charge < -0.3 is 5.32 Å². The molecule has 0 aromatic heterocycles. The second-order valence-corrected chi connectivity index (χ2v) is 9.69. The Labute approximate surface area is 194 Å². The SMILES string of the molecule is C[C@@H](NS(=O)(=O)c1ccc(CCC(=O)Nc2cccc3ccccc23)cc1)c1ccccc1. The summed E-state index contributed by atoms with van der Waals surface area (Å²) in [5.41, 5.74) is 2.59. The first-order chi connectivity index (χ1) is 15.9. The van der Waals surface area contributed by atoms with Crippen molar-refractivity contribution < 1.29 is 13.2 Å². The van der Waals surface area contributed by atoms with Gasteiger partial charge in [0.1, 0.15) is 0 Å². The maximum absolute atomic E-state index is 12.7. The van der Waals surface area contributed by atoms with Gasteiger partial charge in [0, 0.05) is 23.5 Å². The van der Waals surface area contributed by atoms with Crippen LogP contribution in [0.3, 0.4) is 0 Å². The van der Waals surface area contributed by atoms with E-state index >= 15 is 0 Å². The largest absolute Gasteiger partial charge is 0.326 e. The Morgan fingerprint density at radius 1 is 0.818 bits per heavy atom. The van der Waals surface area contributed by atoms with Gasteiger partial charge in [0.2, 0.25) is 15.9 Å². The van der Waals surface area contributed by atoms with Crippen molar-refractivity contribution in [2.45, 2.75) is 30.7 Å². The van der Waals surface area contributed by atoms with Gasteiger partial charge in [-0.1, -0.05) is 78.9 Å². The summed E-state index contributed by atoms with van der Waals surface area (Å²) in [6.45, 7) is 1.82. The fourth-order valence-corrected chi connectivity index (χ4v) is 4.98. The van der Waals surface area contributed by atoms with Gasteiger partial charge in [-0.3, -0.25) is 4.79 Å². The van der Waals surface area contributed by atoms with Crippen molar-refractivity contribution >= 4 is 32.4 Å². The molecule has 0 aliphatic carbocycles. The molecular formula is C27H26N2O3S. The van der Waals surface area contributed by atoms with E-state index < -0.39 is 10.0 Å². The minimum absolute atomic E-state index is 0.0820. The standard InChI is InChI=1S/C27H26N2O3S/c1-20(22-8-3-2-4-9-22)29-33(31,32)24-17-14-21(15-18-24)16-19-27(30)28-26-13-7-11-23-10-5-6-12-25(23)26/h2-15,17-18,20,29H,16,19H2,1H3,(H,28,30)/t20-/m1/s1. The van der Waals surface area contributed by atoms with E-state index in [0.717, 1.165) is 27.6 Å². The summed E-state index contributed by atoms with van der Waals surface area (Å²) in [6, 6.07) is 29.5. The van der Waals surface area contributed by atoms with Crippen LogP contribution in [0, 0.1) is 0 Å². The minimum atomic E-state index is -3.65. The second kappa shape index (κ2) is 9.98. The molecule has 33 heavy (non-hydrogen) atoms. The number of carbonyl (C=O) groups excluding carboxylic acids is 1. The van der Waals surface area contributed by atoms with Crippen LogP contribution in [0.25, 0.3) is 10.8 Å². The summed E-state index contributed by atoms with van der Waals surface area (Å²) in [5.74, 6) is -0.0820. The highest BCUT2D eigenvalue weighted by atomic mass is 32.2. The molecule has 0 radical (unpaired) electrons. The zero-order valence-electron chi connectivity index (χ0n) is 18.4. The molecule has 1 atom stereocenters. The van der Waals surface area contributed by atoms with E-state index in [-0.39, 0.29) is 16.8 Å². The molecule has 4 aromatic carbocycles. The molecule has 0 heterocycles. The number of nitrogens with one attached hydrogen (secondary N) is 2. The third-order valence-corrected chi connectivity index (χ3v) is 7.13. The van der Waals surface area contributed by atoms with E-state index in [2.05, 4.69) is 10.0 Å². The van der Waals surface area contributed by atoms with Gasteiger partial charge >= 0.3 is 0 Å². The van der Waals surface area contributed by atoms with Crippen LogP contribution in [-0.4, -0.2) is 14.3 Å². The lowest BCUT2D eigenvalue weighted by Gasteiger charge is -2.15. The summed E-state index contributed by atoms with van der Waals surface area (Å²) in [4.78, 5) is 12.7. The van der Waals surface area contributed by atoms with Crippen molar-refractivity contribution in [2.24, 2.45) is 0 Å². The van der Waals surface area contributed by atoms with Gasteiger partial charge in [0.25, 0.3) is 0 Å². The van der Waals surface area contributed by atoms with E-state index in [4.69, 9.17) is 0 Å². The summed E-state index contributed by atoms with van der Waals surface area (Å²) >= 11 is 0. The molecule has 168 valence electrons. The molecule has 6 heteroatoms. The quantitative estimate of drug-likeness (QED) is 0.369. The second-order valence-electron chi connectivity index (χ2n) is 7.97. The third-order valence-electron chi connectivity index (χ3n) is 5.57. The highest BCUT2D eigenvalue weighted by molar-refractivity contribution is 7.89. The number of sulfonamides is 1. The van der Waals surface area contributed by atoms with Gasteiger partial charge in [-0.15, -0.1) is 0 Å². The Morgan fingerprint density at radius 2 is 1.48 bits per heavy atom. The molecule has 5 nitrogen and oxygen atoms in total. The molecule has 0 aliphatic heterocycles. The average molecular weight is 459 g/mol. The smallest absolute Gasteiger partial charge is 0.241 e. The molecule has 2 N–H and O–H groups in total. The normalized spacial score (nSPS) is 12.4. The molecule has 0 unspecified atom stereocenters. The molecule has 1 amide bonds. The van der Waals surface area contributed by atoms with Gasteiger partial charge in [-0.05, 0) is 48.1 Å². The first-order valence-electron chi connectivity index (χ1n) is 10.9. The first-order valence-corrected chi connectivity index (χ1v) is 12.3. The van der Waals surface area contributed by atoms with Gasteiger partial charge in [0.05, 0.1) is 4.90 Å². The van der Waals surface area contributed by atoms with E-state index in [1.54, 1.807) is 24.3 Å². The molecule has 4 rings (SSSR count). The molecule has 0 spiro atoms. The fraction of sp³-hybridized carbons (Fsp3) is 0.148. The lowest BCUT2D eigenvalue weighted by Crippen LogP contribution is -2.26. The van der Waals surface area contributed by atoms with Crippen molar-refractivity contribution in [3.05, 3.63) is 108 Å². The molecular weight excluding hydrogens is 432 g/mol. The monoisotopic (exact) mass is 458 g/mol. The maximum Gasteiger partial charge on any atom is 0.241 e. The summed E-state index contributed by atoms with van der Waals surface area (Å²) in [7, 11) is -3.65. The number of rotatable bonds is 8. The Kier molecular flexibility index (Phi) is 6.87. The van der Waals surface area contributed by atoms with E-state index in [0.29, 0.717) is 12.8 Å². The number of benzene rings is 4. The Morgan fingerprint density at radius 3 is 2.24 bits per heavy atom. The Bertz CT molecular complexity index is 1350. The molecule has 4 aromatic rings. The number of amides is 1. The molecule has 0 fully saturated rings. The number of anilines is 1. The fourth-order valence-electron chi connectivity index (χ4n) is 3.75. The van der Waals surface area contributed by atoms with Crippen LogP contribution in [0.15, 0.2) is 102 Å². The maximum atomic E-state index is 12.7. The summed E-state index contributed by atoms with van der Waals surface area (Å²) in [6.07, 6.45) is 0.823. The number of fused-ring (bicyclic) bond motifs is 1. The topological polar surface area (TPSA) is 75.3 Å².